The first-order valence-corrected chi connectivity index (χ1v) is 19.8. The quantitative estimate of drug-likeness (QED) is 0.0308. The molecule has 0 saturated carbocycles. The summed E-state index contributed by atoms with van der Waals surface area (Å²) in [7, 11) is 0. The highest BCUT2D eigenvalue weighted by molar-refractivity contribution is 6.32. The molecular weight excluding hydrogens is 684 g/mol. The molecule has 6 nitrogen and oxygen atoms in total. The molecule has 0 spiro atoms. The first kappa shape index (κ1) is 41.2. The van der Waals surface area contributed by atoms with Crippen LogP contribution in [0, 0.1) is 0 Å². The summed E-state index contributed by atoms with van der Waals surface area (Å²) in [5.74, 6) is 1.06. The predicted molar refractivity (Wildman–Crippen MR) is 217 cm³/mol. The number of esters is 2. The Bertz CT molecular complexity index is 1700. The van der Waals surface area contributed by atoms with E-state index in [1.807, 2.05) is 48.6 Å². The van der Waals surface area contributed by atoms with Crippen LogP contribution in [0.25, 0.3) is 12.2 Å². The van der Waals surface area contributed by atoms with E-state index < -0.39 is 11.9 Å². The maximum Gasteiger partial charge on any atom is 0.343 e. The third-order valence-electron chi connectivity index (χ3n) is 8.91. The zero-order valence-corrected chi connectivity index (χ0v) is 32.2. The molecule has 0 heterocycles. The van der Waals surface area contributed by atoms with E-state index in [4.69, 9.17) is 30.5 Å². The Balaban J connectivity index is 1.17. The molecule has 282 valence electrons. The van der Waals surface area contributed by atoms with Crippen molar-refractivity contribution in [3.63, 3.8) is 0 Å². The summed E-state index contributed by atoms with van der Waals surface area (Å²) >= 11 is 6.42. The molecule has 0 radical (unpaired) electrons. The molecule has 53 heavy (non-hydrogen) atoms. The smallest absolute Gasteiger partial charge is 0.343 e. The van der Waals surface area contributed by atoms with Gasteiger partial charge in [0, 0.05) is 0 Å². The molecule has 0 N–H and O–H groups in total. The number of carbonyl (C=O) groups is 2. The molecule has 4 aromatic carbocycles. The molecule has 0 saturated heterocycles. The van der Waals surface area contributed by atoms with Crippen LogP contribution in [0.4, 0.5) is 0 Å². The molecule has 0 fully saturated rings. The number of unbranched alkanes of at least 4 members (excludes halogenated alkanes) is 12. The molecule has 4 aromatic rings. The molecule has 0 aliphatic rings. The highest BCUT2D eigenvalue weighted by Crippen LogP contribution is 2.27. The SMILES string of the molecule is CCCCCCCCCCCCOc1ccc(C(=O)Oc2ccc(C(=O)Oc3ccc(/C=C/c4cccc(OCCCCCC)c4)cc3)cc2)cc1Cl. The average Bonchev–Trinajstić information content (AvgIpc) is 3.17. The van der Waals surface area contributed by atoms with Crippen LogP contribution in [0.1, 0.15) is 136 Å². The van der Waals surface area contributed by atoms with E-state index in [1.165, 1.54) is 70.6 Å². The molecule has 0 bridgehead atoms. The monoisotopic (exact) mass is 738 g/mol. The zero-order chi connectivity index (χ0) is 37.5. The number of hydrogen-bond donors (Lipinski definition) is 0. The van der Waals surface area contributed by atoms with Crippen molar-refractivity contribution >= 4 is 35.7 Å². The van der Waals surface area contributed by atoms with Crippen LogP contribution in [0.3, 0.4) is 0 Å². The van der Waals surface area contributed by atoms with Gasteiger partial charge in [0.1, 0.15) is 23.0 Å². The molecule has 7 heteroatoms. The standard InChI is InChI=1S/C46H55ClO6/c1-3-5-7-9-10-11-12-13-14-16-33-51-44-31-26-39(35-43(44)47)46(49)53-41-29-24-38(25-30-41)45(48)52-40-27-22-36(23-28-40)20-21-37-18-17-19-42(34-37)50-32-15-8-6-4-2/h17-31,34-35H,3-16,32-33H2,1-2H3/b21-20+. The first-order valence-electron chi connectivity index (χ1n) is 19.4. The second-order valence-electron chi connectivity index (χ2n) is 13.4. The predicted octanol–water partition coefficient (Wildman–Crippen LogP) is 13.2. The molecule has 4 rings (SSSR count). The fourth-order valence-corrected chi connectivity index (χ4v) is 6.01. The number of halogens is 1. The Hall–Kier alpha value is -4.55. The molecule has 0 amide bonds. The Morgan fingerprint density at radius 1 is 0.509 bits per heavy atom. The minimum atomic E-state index is -0.559. The van der Waals surface area contributed by atoms with Gasteiger partial charge in [0.05, 0.1) is 29.4 Å². The van der Waals surface area contributed by atoms with Gasteiger partial charge < -0.3 is 18.9 Å². The van der Waals surface area contributed by atoms with E-state index in [0.717, 1.165) is 42.7 Å². The lowest BCUT2D eigenvalue weighted by Gasteiger charge is -2.10. The van der Waals surface area contributed by atoms with Crippen LogP contribution in [0.5, 0.6) is 23.0 Å². The van der Waals surface area contributed by atoms with Crippen LogP contribution in [0.15, 0.2) is 91.0 Å². The normalized spacial score (nSPS) is 11.1. The van der Waals surface area contributed by atoms with Crippen molar-refractivity contribution in [1.29, 1.82) is 0 Å². The van der Waals surface area contributed by atoms with Crippen LogP contribution < -0.4 is 18.9 Å². The summed E-state index contributed by atoms with van der Waals surface area (Å²) in [6, 6.07) is 26.4. The lowest BCUT2D eigenvalue weighted by atomic mass is 10.1. The Labute approximate surface area is 321 Å². The first-order chi connectivity index (χ1) is 25.9. The summed E-state index contributed by atoms with van der Waals surface area (Å²) in [6.45, 7) is 5.76. The second kappa shape index (κ2) is 23.9. The van der Waals surface area contributed by atoms with Gasteiger partial charge in [-0.25, -0.2) is 9.59 Å². The molecule has 0 aliphatic carbocycles. The number of carbonyl (C=O) groups excluding carboxylic acids is 2. The number of ether oxygens (including phenoxy) is 4. The van der Waals surface area contributed by atoms with Gasteiger partial charge in [-0.1, -0.05) is 139 Å². The van der Waals surface area contributed by atoms with E-state index in [9.17, 15) is 9.59 Å². The summed E-state index contributed by atoms with van der Waals surface area (Å²) in [4.78, 5) is 25.6. The van der Waals surface area contributed by atoms with Crippen molar-refractivity contribution in [2.75, 3.05) is 13.2 Å². The summed E-state index contributed by atoms with van der Waals surface area (Å²) in [5, 5.41) is 0.359. The average molecular weight is 739 g/mol. The minimum absolute atomic E-state index is 0.296. The molecular formula is C46H55ClO6. The van der Waals surface area contributed by atoms with Crippen LogP contribution in [-0.2, 0) is 0 Å². The van der Waals surface area contributed by atoms with Gasteiger partial charge in [-0.2, -0.15) is 0 Å². The summed E-state index contributed by atoms with van der Waals surface area (Å²) < 4.78 is 22.9. The van der Waals surface area contributed by atoms with E-state index in [-0.39, 0.29) is 0 Å². The van der Waals surface area contributed by atoms with Crippen molar-refractivity contribution in [3.05, 3.63) is 118 Å². The van der Waals surface area contributed by atoms with Gasteiger partial charge in [-0.3, -0.25) is 0 Å². The number of hydrogen-bond acceptors (Lipinski definition) is 6. The van der Waals surface area contributed by atoms with Gasteiger partial charge in [-0.05, 0) is 90.7 Å². The van der Waals surface area contributed by atoms with Crippen molar-refractivity contribution in [1.82, 2.24) is 0 Å². The third-order valence-corrected chi connectivity index (χ3v) is 9.20. The van der Waals surface area contributed by atoms with Crippen LogP contribution >= 0.6 is 11.6 Å². The summed E-state index contributed by atoms with van der Waals surface area (Å²) in [5.41, 5.74) is 2.64. The fourth-order valence-electron chi connectivity index (χ4n) is 5.77. The number of benzene rings is 4. The molecule has 0 atom stereocenters. The second-order valence-corrected chi connectivity index (χ2v) is 13.8. The lowest BCUT2D eigenvalue weighted by Crippen LogP contribution is -2.10. The van der Waals surface area contributed by atoms with Gasteiger partial charge in [0.2, 0.25) is 0 Å². The fraction of sp³-hybridized carbons (Fsp3) is 0.391. The lowest BCUT2D eigenvalue weighted by molar-refractivity contribution is 0.0730. The maximum atomic E-state index is 12.8. The van der Waals surface area contributed by atoms with Gasteiger partial charge in [0.15, 0.2) is 0 Å². The third kappa shape index (κ3) is 15.5. The zero-order valence-electron chi connectivity index (χ0n) is 31.5. The maximum absolute atomic E-state index is 12.8. The van der Waals surface area contributed by atoms with E-state index in [1.54, 1.807) is 54.6 Å². The van der Waals surface area contributed by atoms with Crippen LogP contribution in [-0.4, -0.2) is 25.2 Å². The Kier molecular flexibility index (Phi) is 18.6. The van der Waals surface area contributed by atoms with Crippen molar-refractivity contribution in [3.8, 4) is 23.0 Å². The molecule has 0 aromatic heterocycles. The van der Waals surface area contributed by atoms with E-state index in [2.05, 4.69) is 13.8 Å². The molecule has 0 aliphatic heterocycles. The van der Waals surface area contributed by atoms with Crippen molar-refractivity contribution in [2.24, 2.45) is 0 Å². The largest absolute Gasteiger partial charge is 0.494 e. The van der Waals surface area contributed by atoms with Gasteiger partial charge in [0.25, 0.3) is 0 Å². The number of rotatable bonds is 24. The van der Waals surface area contributed by atoms with Crippen LogP contribution in [0.2, 0.25) is 5.02 Å². The van der Waals surface area contributed by atoms with E-state index >= 15 is 0 Å². The topological polar surface area (TPSA) is 71.1 Å². The van der Waals surface area contributed by atoms with E-state index in [0.29, 0.717) is 40.0 Å². The van der Waals surface area contributed by atoms with Gasteiger partial charge >= 0.3 is 11.9 Å². The summed E-state index contributed by atoms with van der Waals surface area (Å²) in [6.07, 6.45) is 21.3. The van der Waals surface area contributed by atoms with Crippen molar-refractivity contribution in [2.45, 2.75) is 104 Å². The highest BCUT2D eigenvalue weighted by Gasteiger charge is 2.14. The Morgan fingerprint density at radius 3 is 1.64 bits per heavy atom. The Morgan fingerprint density at radius 2 is 1.02 bits per heavy atom. The minimum Gasteiger partial charge on any atom is -0.494 e. The van der Waals surface area contributed by atoms with Crippen molar-refractivity contribution < 1.29 is 28.5 Å². The van der Waals surface area contributed by atoms with Gasteiger partial charge in [-0.15, -0.1) is 0 Å². The molecule has 0 unspecified atom stereocenters. The highest BCUT2D eigenvalue weighted by atomic mass is 35.5.